The van der Waals surface area contributed by atoms with Crippen LogP contribution in [0.2, 0.25) is 0 Å². The van der Waals surface area contributed by atoms with Crippen LogP contribution in [0.4, 0.5) is 5.69 Å². The van der Waals surface area contributed by atoms with Gasteiger partial charge in [0.2, 0.25) is 0 Å². The Kier molecular flexibility index (Phi) is 4.28. The summed E-state index contributed by atoms with van der Waals surface area (Å²) in [6.07, 6.45) is -0.313. The lowest BCUT2D eigenvalue weighted by Gasteiger charge is -2.26. The predicted molar refractivity (Wildman–Crippen MR) is 96.4 cm³/mol. The topological polar surface area (TPSA) is 109 Å². The molecule has 4 rings (SSSR count). The lowest BCUT2D eigenvalue weighted by atomic mass is 10.2. The monoisotopic (exact) mass is 393 g/mol. The maximum atomic E-state index is 12.1. The summed E-state index contributed by atoms with van der Waals surface area (Å²) in [7, 11) is -3.14. The summed E-state index contributed by atoms with van der Waals surface area (Å²) in [5.74, 6) is 0.715. The smallest absolute Gasteiger partial charge is 0.262 e. The highest BCUT2D eigenvalue weighted by Crippen LogP contribution is 2.43. The Labute approximate surface area is 154 Å². The summed E-state index contributed by atoms with van der Waals surface area (Å²) >= 11 is 1.27. The van der Waals surface area contributed by atoms with Crippen molar-refractivity contribution < 1.29 is 22.7 Å². The number of carbonyl (C=O) groups is 1. The second-order valence-electron chi connectivity index (χ2n) is 6.12. The molecule has 3 heterocycles. The van der Waals surface area contributed by atoms with Gasteiger partial charge in [-0.3, -0.25) is 4.79 Å². The highest BCUT2D eigenvalue weighted by molar-refractivity contribution is 8.16. The number of rotatable bonds is 2. The number of thioether (sulfide) groups is 1. The van der Waals surface area contributed by atoms with E-state index in [2.05, 4.69) is 4.99 Å². The molecule has 1 aromatic rings. The van der Waals surface area contributed by atoms with E-state index in [4.69, 9.17) is 14.7 Å². The molecule has 1 amide bonds. The number of amides is 1. The normalized spacial score (nSPS) is 27.2. The Balaban J connectivity index is 1.73. The van der Waals surface area contributed by atoms with Crippen molar-refractivity contribution in [2.45, 2.75) is 17.7 Å². The predicted octanol–water partition coefficient (Wildman–Crippen LogP) is 0.973. The maximum absolute atomic E-state index is 12.1. The van der Waals surface area contributed by atoms with Crippen LogP contribution in [-0.4, -0.2) is 55.5 Å². The number of fused-ring (bicyclic) bond motifs is 2. The van der Waals surface area contributed by atoms with E-state index in [9.17, 15) is 13.2 Å². The number of hydrogen-bond donors (Lipinski definition) is 0. The van der Waals surface area contributed by atoms with Gasteiger partial charge < -0.3 is 14.4 Å². The standard InChI is InChI=1S/C16H15N3O5S2/c17-4-3-15(20)18-16-19(11-8-26(21,22)9-14(11)25-16)10-1-2-12-13(7-10)24-6-5-23-12/h1-2,7,11,14H,3,5-6,8-9H2/t11-,14-/m0/s1. The number of ether oxygens (including phenoxy) is 2. The van der Waals surface area contributed by atoms with Crippen molar-refractivity contribution in [3.05, 3.63) is 18.2 Å². The van der Waals surface area contributed by atoms with Gasteiger partial charge in [-0.2, -0.15) is 10.3 Å². The summed E-state index contributed by atoms with van der Waals surface area (Å²) in [4.78, 5) is 17.7. The summed E-state index contributed by atoms with van der Waals surface area (Å²) in [5.41, 5.74) is 0.690. The Bertz CT molecular complexity index is 938. The number of hydrogen-bond acceptors (Lipinski definition) is 7. The van der Waals surface area contributed by atoms with Gasteiger partial charge in [-0.25, -0.2) is 8.42 Å². The molecule has 0 aromatic heterocycles. The van der Waals surface area contributed by atoms with Crippen molar-refractivity contribution in [1.82, 2.24) is 0 Å². The zero-order chi connectivity index (χ0) is 18.3. The molecular formula is C16H15N3O5S2. The molecule has 0 bridgehead atoms. The van der Waals surface area contributed by atoms with Crippen LogP contribution in [0.25, 0.3) is 0 Å². The molecule has 3 aliphatic heterocycles. The van der Waals surface area contributed by atoms with Crippen LogP contribution in [0.3, 0.4) is 0 Å². The largest absolute Gasteiger partial charge is 0.486 e. The molecule has 0 saturated carbocycles. The maximum Gasteiger partial charge on any atom is 0.262 e. The number of nitriles is 1. The fourth-order valence-corrected chi connectivity index (χ4v) is 7.19. The van der Waals surface area contributed by atoms with Crippen LogP contribution >= 0.6 is 11.8 Å². The van der Waals surface area contributed by atoms with Gasteiger partial charge in [0.25, 0.3) is 5.91 Å². The molecule has 0 radical (unpaired) electrons. The lowest BCUT2D eigenvalue weighted by Crippen LogP contribution is -2.37. The number of aliphatic imine (C=N–C) groups is 1. The van der Waals surface area contributed by atoms with E-state index >= 15 is 0 Å². The molecule has 3 aliphatic rings. The summed E-state index contributed by atoms with van der Waals surface area (Å²) < 4.78 is 35.2. The van der Waals surface area contributed by atoms with E-state index in [0.717, 1.165) is 0 Å². The van der Waals surface area contributed by atoms with Crippen molar-refractivity contribution >= 4 is 38.4 Å². The Hall–Kier alpha value is -2.25. The molecule has 1 aromatic carbocycles. The highest BCUT2D eigenvalue weighted by atomic mass is 32.2. The molecule has 2 fully saturated rings. The van der Waals surface area contributed by atoms with E-state index < -0.39 is 15.7 Å². The molecule has 26 heavy (non-hydrogen) atoms. The average molecular weight is 393 g/mol. The van der Waals surface area contributed by atoms with Crippen LogP contribution < -0.4 is 14.4 Å². The zero-order valence-corrected chi connectivity index (χ0v) is 15.3. The van der Waals surface area contributed by atoms with Crippen molar-refractivity contribution in [3.8, 4) is 17.6 Å². The minimum absolute atomic E-state index is 0.00453. The van der Waals surface area contributed by atoms with Gasteiger partial charge >= 0.3 is 0 Å². The Morgan fingerprint density at radius 1 is 1.31 bits per heavy atom. The molecule has 136 valence electrons. The van der Waals surface area contributed by atoms with Crippen molar-refractivity contribution in [1.29, 1.82) is 5.26 Å². The summed E-state index contributed by atoms with van der Waals surface area (Å²) in [6.45, 7) is 0.914. The first-order valence-electron chi connectivity index (χ1n) is 8.01. The third-order valence-electron chi connectivity index (χ3n) is 4.32. The highest BCUT2D eigenvalue weighted by Gasteiger charge is 2.49. The molecule has 8 nitrogen and oxygen atoms in total. The van der Waals surface area contributed by atoms with E-state index in [-0.39, 0.29) is 29.2 Å². The van der Waals surface area contributed by atoms with Gasteiger partial charge in [0.15, 0.2) is 26.5 Å². The van der Waals surface area contributed by atoms with E-state index in [1.807, 2.05) is 0 Å². The summed E-state index contributed by atoms with van der Waals surface area (Å²) in [5, 5.41) is 8.92. The van der Waals surface area contributed by atoms with Crippen LogP contribution in [-0.2, 0) is 14.6 Å². The lowest BCUT2D eigenvalue weighted by molar-refractivity contribution is -0.116. The first-order chi connectivity index (χ1) is 12.5. The second kappa shape index (κ2) is 6.48. The fraction of sp³-hybridized carbons (Fsp3) is 0.438. The van der Waals surface area contributed by atoms with Crippen LogP contribution in [0.1, 0.15) is 6.42 Å². The van der Waals surface area contributed by atoms with Gasteiger partial charge in [0.1, 0.15) is 19.6 Å². The Morgan fingerprint density at radius 2 is 2.08 bits per heavy atom. The van der Waals surface area contributed by atoms with Crippen molar-refractivity contribution in [2.24, 2.45) is 4.99 Å². The number of nitrogens with zero attached hydrogens (tertiary/aromatic N) is 3. The molecule has 0 unspecified atom stereocenters. The molecule has 2 saturated heterocycles. The first kappa shape index (κ1) is 17.2. The van der Waals surface area contributed by atoms with Gasteiger partial charge in [-0.05, 0) is 12.1 Å². The molecule has 0 aliphatic carbocycles. The molecule has 0 spiro atoms. The van der Waals surface area contributed by atoms with Gasteiger partial charge in [0.05, 0.1) is 23.6 Å². The number of sulfone groups is 1. The number of carbonyl (C=O) groups excluding carboxylic acids is 1. The van der Waals surface area contributed by atoms with E-state index in [1.165, 1.54) is 11.8 Å². The van der Waals surface area contributed by atoms with Gasteiger partial charge in [-0.1, -0.05) is 11.8 Å². The van der Waals surface area contributed by atoms with Gasteiger partial charge in [0, 0.05) is 17.0 Å². The number of benzene rings is 1. The van der Waals surface area contributed by atoms with Crippen LogP contribution in [0, 0.1) is 11.3 Å². The van der Waals surface area contributed by atoms with Gasteiger partial charge in [-0.15, -0.1) is 0 Å². The van der Waals surface area contributed by atoms with E-state index in [0.29, 0.717) is 35.6 Å². The third-order valence-corrected chi connectivity index (χ3v) is 7.53. The minimum atomic E-state index is -3.14. The number of amidine groups is 1. The number of anilines is 1. The fourth-order valence-electron chi connectivity index (χ4n) is 3.26. The molecule has 2 atom stereocenters. The third kappa shape index (κ3) is 3.12. The van der Waals surface area contributed by atoms with Crippen LogP contribution in [0.15, 0.2) is 23.2 Å². The minimum Gasteiger partial charge on any atom is -0.486 e. The quantitative estimate of drug-likeness (QED) is 0.731. The SMILES string of the molecule is N#CCC(=O)N=C1S[C@H]2CS(=O)(=O)C[C@@H]2N1c1ccc2c(c1)OCCO2. The second-order valence-corrected chi connectivity index (χ2v) is 9.48. The molecule has 0 N–H and O–H groups in total. The molecular weight excluding hydrogens is 378 g/mol. The summed E-state index contributed by atoms with van der Waals surface area (Å²) in [6, 6.07) is 6.81. The average Bonchev–Trinajstić information content (AvgIpc) is 3.05. The van der Waals surface area contributed by atoms with Crippen molar-refractivity contribution in [3.63, 3.8) is 0 Å². The van der Waals surface area contributed by atoms with E-state index in [1.54, 1.807) is 29.2 Å². The van der Waals surface area contributed by atoms with Crippen LogP contribution in [0.5, 0.6) is 11.5 Å². The first-order valence-corrected chi connectivity index (χ1v) is 10.7. The Morgan fingerprint density at radius 3 is 2.85 bits per heavy atom. The van der Waals surface area contributed by atoms with Crippen molar-refractivity contribution in [2.75, 3.05) is 29.6 Å². The molecule has 10 heteroatoms. The zero-order valence-electron chi connectivity index (χ0n) is 13.6.